The molecule has 0 bridgehead atoms. The summed E-state index contributed by atoms with van der Waals surface area (Å²) in [6.07, 6.45) is 4.28. The summed E-state index contributed by atoms with van der Waals surface area (Å²) < 4.78 is 0. The van der Waals surface area contributed by atoms with Crippen molar-refractivity contribution in [2.45, 2.75) is 38.6 Å². The summed E-state index contributed by atoms with van der Waals surface area (Å²) in [5.74, 6) is 0.210. The number of rotatable bonds is 3. The molecule has 1 aliphatic carbocycles. The Morgan fingerprint density at radius 3 is 2.53 bits per heavy atom. The standard InChI is InChI=1S/C15H20N2OS/c1-11(12-7-3-2-4-8-12)16-15(19)17-14(18)13-9-5-6-10-13/h2-4,7-8,11,13H,5-6,9-10H2,1H3,(H2,16,17,18,19)/t11-/m1/s1. The van der Waals surface area contributed by atoms with Crippen LogP contribution in [0.4, 0.5) is 0 Å². The zero-order valence-corrected chi connectivity index (χ0v) is 12.0. The highest BCUT2D eigenvalue weighted by atomic mass is 32.1. The molecule has 0 aliphatic heterocycles. The van der Waals surface area contributed by atoms with E-state index in [2.05, 4.69) is 10.6 Å². The monoisotopic (exact) mass is 276 g/mol. The zero-order chi connectivity index (χ0) is 13.7. The first-order valence-corrected chi connectivity index (χ1v) is 7.24. The Kier molecular flexibility index (Phi) is 4.91. The third-order valence-corrected chi connectivity index (χ3v) is 3.83. The summed E-state index contributed by atoms with van der Waals surface area (Å²) in [4.78, 5) is 11.9. The van der Waals surface area contributed by atoms with E-state index in [1.165, 1.54) is 0 Å². The summed E-state index contributed by atoms with van der Waals surface area (Å²) in [7, 11) is 0. The highest BCUT2D eigenvalue weighted by Crippen LogP contribution is 2.24. The van der Waals surface area contributed by atoms with Gasteiger partial charge in [0.2, 0.25) is 5.91 Å². The maximum Gasteiger partial charge on any atom is 0.229 e. The SMILES string of the molecule is C[C@@H](NC(=S)NC(=O)C1CCCC1)c1ccccc1. The van der Waals surface area contributed by atoms with Crippen LogP contribution in [0.15, 0.2) is 30.3 Å². The summed E-state index contributed by atoms with van der Waals surface area (Å²) in [5, 5.41) is 6.38. The van der Waals surface area contributed by atoms with Crippen molar-refractivity contribution in [1.29, 1.82) is 0 Å². The van der Waals surface area contributed by atoms with Gasteiger partial charge in [0, 0.05) is 5.92 Å². The predicted molar refractivity (Wildman–Crippen MR) is 80.7 cm³/mol. The van der Waals surface area contributed by atoms with Gasteiger partial charge < -0.3 is 10.6 Å². The lowest BCUT2D eigenvalue weighted by molar-refractivity contribution is -0.123. The van der Waals surface area contributed by atoms with Gasteiger partial charge in [-0.2, -0.15) is 0 Å². The van der Waals surface area contributed by atoms with Gasteiger partial charge in [0.25, 0.3) is 0 Å². The molecule has 1 aliphatic rings. The number of hydrogen-bond acceptors (Lipinski definition) is 2. The smallest absolute Gasteiger partial charge is 0.229 e. The van der Waals surface area contributed by atoms with E-state index in [1.54, 1.807) is 0 Å². The summed E-state index contributed by atoms with van der Waals surface area (Å²) in [6, 6.07) is 10.1. The number of thiocarbonyl (C=S) groups is 1. The molecule has 1 fully saturated rings. The summed E-state index contributed by atoms with van der Waals surface area (Å²) >= 11 is 5.20. The third kappa shape index (κ3) is 4.03. The molecule has 1 aromatic rings. The molecular formula is C15H20N2OS. The minimum atomic E-state index is 0.0651. The van der Waals surface area contributed by atoms with Crippen LogP contribution in [-0.2, 0) is 4.79 Å². The van der Waals surface area contributed by atoms with Crippen LogP contribution in [0.2, 0.25) is 0 Å². The fourth-order valence-electron chi connectivity index (χ4n) is 2.46. The zero-order valence-electron chi connectivity index (χ0n) is 11.2. The predicted octanol–water partition coefficient (Wildman–Crippen LogP) is 2.93. The number of hydrogen-bond donors (Lipinski definition) is 2. The van der Waals surface area contributed by atoms with Crippen LogP contribution in [0.25, 0.3) is 0 Å². The van der Waals surface area contributed by atoms with Gasteiger partial charge in [-0.25, -0.2) is 0 Å². The number of benzene rings is 1. The van der Waals surface area contributed by atoms with Crippen LogP contribution in [0, 0.1) is 5.92 Å². The van der Waals surface area contributed by atoms with E-state index in [9.17, 15) is 4.79 Å². The topological polar surface area (TPSA) is 41.1 Å². The number of nitrogens with one attached hydrogen (secondary N) is 2. The largest absolute Gasteiger partial charge is 0.356 e. The van der Waals surface area contributed by atoms with Crippen LogP contribution in [0.5, 0.6) is 0 Å². The first-order chi connectivity index (χ1) is 9.16. The number of carbonyl (C=O) groups excluding carboxylic acids is 1. The lowest BCUT2D eigenvalue weighted by atomic mass is 10.1. The van der Waals surface area contributed by atoms with E-state index < -0.39 is 0 Å². The maximum absolute atomic E-state index is 11.9. The average Bonchev–Trinajstić information content (AvgIpc) is 2.93. The molecule has 4 heteroatoms. The second kappa shape index (κ2) is 6.66. The van der Waals surface area contributed by atoms with Crippen LogP contribution >= 0.6 is 12.2 Å². The molecule has 1 atom stereocenters. The Hall–Kier alpha value is -1.42. The average molecular weight is 276 g/mol. The minimum Gasteiger partial charge on any atom is -0.356 e. The highest BCUT2D eigenvalue weighted by molar-refractivity contribution is 7.80. The lowest BCUT2D eigenvalue weighted by Crippen LogP contribution is -2.42. The summed E-state index contributed by atoms with van der Waals surface area (Å²) in [5.41, 5.74) is 1.15. The van der Waals surface area contributed by atoms with Crippen molar-refractivity contribution in [1.82, 2.24) is 10.6 Å². The Bertz CT molecular complexity index is 441. The molecule has 0 aromatic heterocycles. The molecule has 0 radical (unpaired) electrons. The van der Waals surface area contributed by atoms with Crippen LogP contribution in [-0.4, -0.2) is 11.0 Å². The molecule has 102 valence electrons. The van der Waals surface area contributed by atoms with Gasteiger partial charge >= 0.3 is 0 Å². The van der Waals surface area contributed by atoms with Crippen molar-refractivity contribution in [3.05, 3.63) is 35.9 Å². The van der Waals surface area contributed by atoms with Crippen molar-refractivity contribution in [2.75, 3.05) is 0 Å². The second-order valence-electron chi connectivity index (χ2n) is 5.08. The fourth-order valence-corrected chi connectivity index (χ4v) is 2.74. The van der Waals surface area contributed by atoms with Gasteiger partial charge in [-0.15, -0.1) is 0 Å². The van der Waals surface area contributed by atoms with Crippen LogP contribution < -0.4 is 10.6 Å². The molecule has 1 saturated carbocycles. The van der Waals surface area contributed by atoms with E-state index >= 15 is 0 Å². The Morgan fingerprint density at radius 2 is 1.89 bits per heavy atom. The van der Waals surface area contributed by atoms with Crippen LogP contribution in [0.1, 0.15) is 44.2 Å². The quantitative estimate of drug-likeness (QED) is 0.834. The first-order valence-electron chi connectivity index (χ1n) is 6.83. The van der Waals surface area contributed by atoms with Gasteiger partial charge in [0.1, 0.15) is 0 Å². The lowest BCUT2D eigenvalue weighted by Gasteiger charge is -2.18. The van der Waals surface area contributed by atoms with Crippen molar-refractivity contribution >= 4 is 23.2 Å². The summed E-state index contributed by atoms with van der Waals surface area (Å²) in [6.45, 7) is 2.03. The van der Waals surface area contributed by atoms with E-state index in [0.29, 0.717) is 5.11 Å². The molecule has 3 nitrogen and oxygen atoms in total. The minimum absolute atomic E-state index is 0.0651. The third-order valence-electron chi connectivity index (χ3n) is 3.61. The fraction of sp³-hybridized carbons (Fsp3) is 0.467. The molecule has 0 unspecified atom stereocenters. The first kappa shape index (κ1) is 14.0. The van der Waals surface area contributed by atoms with Gasteiger partial charge in [0.15, 0.2) is 5.11 Å². The molecule has 19 heavy (non-hydrogen) atoms. The molecule has 0 heterocycles. The Labute approximate surface area is 119 Å². The normalized spacial score (nSPS) is 16.9. The van der Waals surface area contributed by atoms with E-state index in [0.717, 1.165) is 31.2 Å². The van der Waals surface area contributed by atoms with Crippen molar-refractivity contribution in [3.63, 3.8) is 0 Å². The molecular weight excluding hydrogens is 256 g/mol. The van der Waals surface area contributed by atoms with Gasteiger partial charge in [-0.1, -0.05) is 43.2 Å². The maximum atomic E-state index is 11.9. The Morgan fingerprint density at radius 1 is 1.26 bits per heavy atom. The van der Waals surface area contributed by atoms with Gasteiger partial charge in [-0.05, 0) is 37.5 Å². The number of amides is 1. The molecule has 1 amide bonds. The molecule has 2 N–H and O–H groups in total. The van der Waals surface area contributed by atoms with Gasteiger partial charge in [-0.3, -0.25) is 4.79 Å². The second-order valence-corrected chi connectivity index (χ2v) is 5.48. The molecule has 0 saturated heterocycles. The molecule has 0 spiro atoms. The van der Waals surface area contributed by atoms with Crippen molar-refractivity contribution < 1.29 is 4.79 Å². The van der Waals surface area contributed by atoms with E-state index in [-0.39, 0.29) is 17.9 Å². The van der Waals surface area contributed by atoms with Crippen LogP contribution in [0.3, 0.4) is 0 Å². The number of carbonyl (C=O) groups is 1. The van der Waals surface area contributed by atoms with Crippen molar-refractivity contribution in [3.8, 4) is 0 Å². The van der Waals surface area contributed by atoms with Gasteiger partial charge in [0.05, 0.1) is 6.04 Å². The van der Waals surface area contributed by atoms with Crippen molar-refractivity contribution in [2.24, 2.45) is 5.92 Å². The molecule has 1 aromatic carbocycles. The highest BCUT2D eigenvalue weighted by Gasteiger charge is 2.23. The van der Waals surface area contributed by atoms with E-state index in [1.807, 2.05) is 37.3 Å². The molecule has 2 rings (SSSR count). The van der Waals surface area contributed by atoms with E-state index in [4.69, 9.17) is 12.2 Å². The Balaban J connectivity index is 1.82.